The molecule has 4 heteroatoms. The van der Waals surface area contributed by atoms with E-state index in [1.54, 1.807) is 14.2 Å². The maximum Gasteiger partial charge on any atom is 0.119 e. The molecule has 0 spiro atoms. The number of methoxy groups -OCH3 is 2. The zero-order valence-corrected chi connectivity index (χ0v) is 16.2. The topological polar surface area (TPSA) is 27.8 Å². The molecule has 0 radical (unpaired) electrons. The third kappa shape index (κ3) is 5.71. The second-order valence-electron chi connectivity index (χ2n) is 6.81. The van der Waals surface area contributed by atoms with Crippen molar-refractivity contribution in [1.29, 1.82) is 0 Å². The lowest BCUT2D eigenvalue weighted by molar-refractivity contribution is -0.928. The predicted octanol–water partition coefficient (Wildman–Crippen LogP) is 2.78. The molecule has 3 rings (SSSR count). The molecule has 2 aromatic carbocycles. The van der Waals surface area contributed by atoms with Crippen molar-refractivity contribution in [2.24, 2.45) is 0 Å². The first-order valence-corrected chi connectivity index (χ1v) is 9.42. The van der Waals surface area contributed by atoms with Gasteiger partial charge >= 0.3 is 0 Å². The summed E-state index contributed by atoms with van der Waals surface area (Å²) in [4.78, 5) is 1.47. The third-order valence-electron chi connectivity index (χ3n) is 4.80. The standard InChI is InChI=1S/C23H28N2O2/c1-26-15-14-24(17-21-10-6-12-23(16-21)27-2)19-22-11-7-13-25(22)18-20-8-4-3-5-9-20/h3-13,16H,14-15,17-19H2,1-2H3/p+1. The minimum Gasteiger partial charge on any atom is -0.497 e. The Kier molecular flexibility index (Phi) is 7.08. The quantitative estimate of drug-likeness (QED) is 0.598. The first-order valence-electron chi connectivity index (χ1n) is 9.42. The molecule has 0 saturated heterocycles. The molecule has 0 bridgehead atoms. The third-order valence-corrected chi connectivity index (χ3v) is 4.80. The van der Waals surface area contributed by atoms with E-state index < -0.39 is 0 Å². The number of aromatic nitrogens is 1. The normalized spacial score (nSPS) is 12.1. The predicted molar refractivity (Wildman–Crippen MR) is 108 cm³/mol. The Morgan fingerprint density at radius 3 is 2.44 bits per heavy atom. The molecular formula is C23H29N2O2+. The van der Waals surface area contributed by atoms with Gasteiger partial charge in [-0.15, -0.1) is 0 Å². The zero-order valence-electron chi connectivity index (χ0n) is 16.2. The van der Waals surface area contributed by atoms with Crippen molar-refractivity contribution >= 4 is 0 Å². The van der Waals surface area contributed by atoms with Crippen LogP contribution >= 0.6 is 0 Å². The van der Waals surface area contributed by atoms with Gasteiger partial charge in [0.1, 0.15) is 25.4 Å². The van der Waals surface area contributed by atoms with Crippen LogP contribution in [0.5, 0.6) is 5.75 Å². The average molecular weight is 365 g/mol. The summed E-state index contributed by atoms with van der Waals surface area (Å²) >= 11 is 0. The first kappa shape index (κ1) is 19.2. The van der Waals surface area contributed by atoms with E-state index >= 15 is 0 Å². The molecule has 27 heavy (non-hydrogen) atoms. The van der Waals surface area contributed by atoms with E-state index in [1.165, 1.54) is 21.7 Å². The lowest BCUT2D eigenvalue weighted by atomic mass is 10.2. The van der Waals surface area contributed by atoms with Gasteiger partial charge in [-0.05, 0) is 29.8 Å². The molecule has 0 saturated carbocycles. The SMILES string of the molecule is COCC[NH+](Cc1cccc(OC)c1)Cc1cccn1Cc1ccccc1. The smallest absolute Gasteiger partial charge is 0.119 e. The van der Waals surface area contributed by atoms with Crippen LogP contribution in [0.2, 0.25) is 0 Å². The fourth-order valence-corrected chi connectivity index (χ4v) is 3.36. The lowest BCUT2D eigenvalue weighted by Crippen LogP contribution is -3.10. The molecular weight excluding hydrogens is 336 g/mol. The van der Waals surface area contributed by atoms with Gasteiger partial charge in [0.25, 0.3) is 0 Å². The van der Waals surface area contributed by atoms with Gasteiger partial charge in [0.2, 0.25) is 0 Å². The Morgan fingerprint density at radius 2 is 1.67 bits per heavy atom. The molecule has 0 aliphatic carbocycles. The van der Waals surface area contributed by atoms with E-state index in [1.807, 2.05) is 6.07 Å². The summed E-state index contributed by atoms with van der Waals surface area (Å²) in [6, 6.07) is 23.3. The van der Waals surface area contributed by atoms with Crippen LogP contribution in [0.1, 0.15) is 16.8 Å². The Morgan fingerprint density at radius 1 is 0.852 bits per heavy atom. The van der Waals surface area contributed by atoms with Crippen LogP contribution in [0, 0.1) is 0 Å². The van der Waals surface area contributed by atoms with E-state index in [0.29, 0.717) is 0 Å². The summed E-state index contributed by atoms with van der Waals surface area (Å²) in [7, 11) is 3.48. The second-order valence-corrected chi connectivity index (χ2v) is 6.81. The number of rotatable bonds is 10. The van der Waals surface area contributed by atoms with Gasteiger partial charge < -0.3 is 18.9 Å². The monoisotopic (exact) mass is 365 g/mol. The number of nitrogens with zero attached hydrogens (tertiary/aromatic N) is 1. The zero-order chi connectivity index (χ0) is 18.9. The van der Waals surface area contributed by atoms with Gasteiger partial charge in [0, 0.05) is 25.4 Å². The van der Waals surface area contributed by atoms with Gasteiger partial charge in [-0.1, -0.05) is 42.5 Å². The maximum atomic E-state index is 5.37. The van der Waals surface area contributed by atoms with Gasteiger partial charge in [-0.3, -0.25) is 0 Å². The molecule has 1 aromatic heterocycles. The number of nitrogens with one attached hydrogen (secondary N) is 1. The fraction of sp³-hybridized carbons (Fsp3) is 0.304. The van der Waals surface area contributed by atoms with Crippen LogP contribution in [-0.2, 0) is 24.4 Å². The minimum absolute atomic E-state index is 0.749. The Labute approximate surface area is 162 Å². The Hall–Kier alpha value is -2.56. The van der Waals surface area contributed by atoms with Gasteiger partial charge in [-0.25, -0.2) is 0 Å². The average Bonchev–Trinajstić information content (AvgIpc) is 3.13. The molecule has 1 N–H and O–H groups in total. The van der Waals surface area contributed by atoms with E-state index in [9.17, 15) is 0 Å². The number of hydrogen-bond acceptors (Lipinski definition) is 2. The number of quaternary nitrogens is 1. The molecule has 0 amide bonds. The van der Waals surface area contributed by atoms with Crippen LogP contribution in [-0.4, -0.2) is 31.9 Å². The van der Waals surface area contributed by atoms with Gasteiger partial charge in [-0.2, -0.15) is 0 Å². The highest BCUT2D eigenvalue weighted by atomic mass is 16.5. The molecule has 1 unspecified atom stereocenters. The summed E-state index contributed by atoms with van der Waals surface area (Å²) in [6.45, 7) is 4.51. The second kappa shape index (κ2) is 9.95. The molecule has 0 aliphatic rings. The number of benzene rings is 2. The highest BCUT2D eigenvalue weighted by molar-refractivity contribution is 5.27. The first-order chi connectivity index (χ1) is 13.3. The fourth-order valence-electron chi connectivity index (χ4n) is 3.36. The van der Waals surface area contributed by atoms with Crippen molar-refractivity contribution in [3.05, 3.63) is 89.7 Å². The van der Waals surface area contributed by atoms with Crippen molar-refractivity contribution in [2.45, 2.75) is 19.6 Å². The van der Waals surface area contributed by atoms with Crippen LogP contribution in [0.3, 0.4) is 0 Å². The van der Waals surface area contributed by atoms with Crippen molar-refractivity contribution in [3.8, 4) is 5.75 Å². The van der Waals surface area contributed by atoms with Crippen molar-refractivity contribution < 1.29 is 14.4 Å². The molecule has 1 atom stereocenters. The highest BCUT2D eigenvalue weighted by Gasteiger charge is 2.14. The van der Waals surface area contributed by atoms with Crippen LogP contribution < -0.4 is 9.64 Å². The number of hydrogen-bond donors (Lipinski definition) is 1. The molecule has 3 aromatic rings. The van der Waals surface area contributed by atoms with Crippen LogP contribution in [0.25, 0.3) is 0 Å². The van der Waals surface area contributed by atoms with Crippen molar-refractivity contribution in [3.63, 3.8) is 0 Å². The molecule has 0 fully saturated rings. The Balaban J connectivity index is 1.72. The maximum absolute atomic E-state index is 5.37. The molecule has 142 valence electrons. The lowest BCUT2D eigenvalue weighted by Gasteiger charge is -2.21. The minimum atomic E-state index is 0.749. The summed E-state index contributed by atoms with van der Waals surface area (Å²) in [6.07, 6.45) is 2.17. The Bertz CT molecular complexity index is 814. The molecule has 0 aliphatic heterocycles. The molecule has 1 heterocycles. The van der Waals surface area contributed by atoms with E-state index in [2.05, 4.69) is 71.4 Å². The summed E-state index contributed by atoms with van der Waals surface area (Å²) in [5, 5.41) is 0. The van der Waals surface area contributed by atoms with Crippen LogP contribution in [0.15, 0.2) is 72.9 Å². The highest BCUT2D eigenvalue weighted by Crippen LogP contribution is 2.12. The van der Waals surface area contributed by atoms with Gasteiger partial charge in [0.15, 0.2) is 0 Å². The summed E-state index contributed by atoms with van der Waals surface area (Å²) < 4.78 is 13.1. The largest absolute Gasteiger partial charge is 0.497 e. The summed E-state index contributed by atoms with van der Waals surface area (Å²) in [5.41, 5.74) is 3.94. The molecule has 4 nitrogen and oxygen atoms in total. The van der Waals surface area contributed by atoms with Gasteiger partial charge in [0.05, 0.1) is 19.4 Å². The van der Waals surface area contributed by atoms with Crippen LogP contribution in [0.4, 0.5) is 0 Å². The van der Waals surface area contributed by atoms with Crippen molar-refractivity contribution in [1.82, 2.24) is 4.57 Å². The van der Waals surface area contributed by atoms with E-state index in [-0.39, 0.29) is 0 Å². The summed E-state index contributed by atoms with van der Waals surface area (Å²) in [5.74, 6) is 0.908. The van der Waals surface area contributed by atoms with E-state index in [4.69, 9.17) is 9.47 Å². The number of ether oxygens (including phenoxy) is 2. The van der Waals surface area contributed by atoms with Crippen molar-refractivity contribution in [2.75, 3.05) is 27.4 Å². The van der Waals surface area contributed by atoms with E-state index in [0.717, 1.165) is 38.5 Å².